The molecule has 0 radical (unpaired) electrons. The number of esters is 1. The van der Waals surface area contributed by atoms with Crippen LogP contribution in [0.3, 0.4) is 0 Å². The quantitative estimate of drug-likeness (QED) is 0.310. The molecule has 0 aromatic carbocycles. The first kappa shape index (κ1) is 23.1. The number of carbonyl (C=O) groups excluding carboxylic acids is 1. The van der Waals surface area contributed by atoms with Gasteiger partial charge in [0.15, 0.2) is 12.4 Å². The van der Waals surface area contributed by atoms with Crippen LogP contribution in [-0.2, 0) is 16.1 Å². The molecule has 0 aliphatic rings. The topological polar surface area (TPSA) is 98.0 Å². The lowest BCUT2D eigenvalue weighted by atomic mass is 10.1. The molecular weight excluding hydrogens is 368 g/mol. The first-order valence-electron chi connectivity index (χ1n) is 9.71. The van der Waals surface area contributed by atoms with Crippen molar-refractivity contribution in [3.8, 4) is 12.1 Å². The summed E-state index contributed by atoms with van der Waals surface area (Å²) in [6.45, 7) is 2.57. The number of aromatic nitrogens is 3. The fourth-order valence-electron chi connectivity index (χ4n) is 2.51. The normalized spacial score (nSPS) is 10.4. The lowest BCUT2D eigenvalue weighted by Crippen LogP contribution is -2.09. The van der Waals surface area contributed by atoms with Crippen molar-refractivity contribution in [3.63, 3.8) is 0 Å². The van der Waals surface area contributed by atoms with E-state index in [0.29, 0.717) is 6.61 Å². The Morgan fingerprint density at radius 1 is 1.00 bits per heavy atom. The maximum absolute atomic E-state index is 11.2. The molecule has 0 saturated carbocycles. The zero-order valence-electron chi connectivity index (χ0n) is 16.1. The van der Waals surface area contributed by atoms with Crippen molar-refractivity contribution in [1.29, 1.82) is 5.26 Å². The van der Waals surface area contributed by atoms with Crippen LogP contribution in [-0.4, -0.2) is 27.5 Å². The van der Waals surface area contributed by atoms with E-state index >= 15 is 0 Å². The average molecular weight is 397 g/mol. The largest absolute Gasteiger partial charge is 0.463 e. The monoisotopic (exact) mass is 396 g/mol. The molecule has 0 aliphatic carbocycles. The van der Waals surface area contributed by atoms with E-state index in [1.54, 1.807) is 6.07 Å². The Morgan fingerprint density at radius 2 is 1.63 bits per heavy atom. The van der Waals surface area contributed by atoms with Crippen LogP contribution in [0.5, 0.6) is 6.01 Å². The predicted octanol–water partition coefficient (Wildman–Crippen LogP) is 4.78. The standard InChI is InChI=1S/C19H29ClN4O3/c1-2-3-4-5-6-7-8-9-10-11-14-26-19-23-16(22-18(20)24-19)15-27-17(25)12-13-21/h2-12,14-15H2,1H3. The van der Waals surface area contributed by atoms with Crippen LogP contribution in [0.1, 0.15) is 83.4 Å². The van der Waals surface area contributed by atoms with E-state index in [4.69, 9.17) is 26.3 Å². The maximum atomic E-state index is 11.2. The molecule has 0 aliphatic heterocycles. The average Bonchev–Trinajstić information content (AvgIpc) is 2.64. The highest BCUT2D eigenvalue weighted by Crippen LogP contribution is 2.12. The van der Waals surface area contributed by atoms with Crippen LogP contribution in [0.15, 0.2) is 0 Å². The van der Waals surface area contributed by atoms with Crippen molar-refractivity contribution in [2.24, 2.45) is 0 Å². The van der Waals surface area contributed by atoms with E-state index in [-0.39, 0.29) is 30.1 Å². The highest BCUT2D eigenvalue weighted by molar-refractivity contribution is 6.28. The van der Waals surface area contributed by atoms with Crippen molar-refractivity contribution in [2.75, 3.05) is 6.61 Å². The lowest BCUT2D eigenvalue weighted by Gasteiger charge is -2.07. The number of nitrogens with zero attached hydrogens (tertiary/aromatic N) is 4. The number of unbranched alkanes of at least 4 members (excludes halogenated alkanes) is 9. The maximum Gasteiger partial charge on any atom is 0.321 e. The van der Waals surface area contributed by atoms with Gasteiger partial charge in [0.2, 0.25) is 5.28 Å². The summed E-state index contributed by atoms with van der Waals surface area (Å²) in [4.78, 5) is 23.0. The second-order valence-corrected chi connectivity index (χ2v) is 6.67. The van der Waals surface area contributed by atoms with Gasteiger partial charge in [-0.15, -0.1) is 0 Å². The molecule has 1 aromatic rings. The minimum absolute atomic E-state index is 0.0191. The number of nitriles is 1. The Kier molecular flexibility index (Phi) is 13.0. The highest BCUT2D eigenvalue weighted by atomic mass is 35.5. The molecule has 1 aromatic heterocycles. The van der Waals surface area contributed by atoms with E-state index in [1.165, 1.54) is 51.4 Å². The Balaban J connectivity index is 2.16. The molecule has 1 rings (SSSR count). The van der Waals surface area contributed by atoms with Crippen LogP contribution in [0.2, 0.25) is 5.28 Å². The van der Waals surface area contributed by atoms with Crippen LogP contribution >= 0.6 is 11.6 Å². The Bertz CT molecular complexity index is 593. The molecule has 0 spiro atoms. The van der Waals surface area contributed by atoms with Crippen LogP contribution in [0.4, 0.5) is 0 Å². The number of hydrogen-bond donors (Lipinski definition) is 0. The lowest BCUT2D eigenvalue weighted by molar-refractivity contribution is -0.144. The van der Waals surface area contributed by atoms with E-state index in [1.807, 2.05) is 0 Å². The number of carbonyl (C=O) groups is 1. The van der Waals surface area contributed by atoms with Gasteiger partial charge in [0, 0.05) is 0 Å². The molecule has 1 heterocycles. The van der Waals surface area contributed by atoms with Gasteiger partial charge in [-0.2, -0.15) is 20.2 Å². The second-order valence-electron chi connectivity index (χ2n) is 6.33. The van der Waals surface area contributed by atoms with E-state index in [2.05, 4.69) is 21.9 Å². The summed E-state index contributed by atoms with van der Waals surface area (Å²) in [5.41, 5.74) is 0. The van der Waals surface area contributed by atoms with Gasteiger partial charge in [0.05, 0.1) is 12.7 Å². The fraction of sp³-hybridized carbons (Fsp3) is 0.737. The molecule has 8 heteroatoms. The van der Waals surface area contributed by atoms with E-state index in [0.717, 1.165) is 12.8 Å². The zero-order valence-corrected chi connectivity index (χ0v) is 16.8. The van der Waals surface area contributed by atoms with Crippen molar-refractivity contribution in [2.45, 2.75) is 84.2 Å². The van der Waals surface area contributed by atoms with Crippen LogP contribution < -0.4 is 4.74 Å². The number of rotatable bonds is 15. The molecule has 0 amide bonds. The summed E-state index contributed by atoms with van der Waals surface area (Å²) in [5.74, 6) is -0.443. The Morgan fingerprint density at radius 3 is 2.26 bits per heavy atom. The Hall–Kier alpha value is -1.94. The van der Waals surface area contributed by atoms with Crippen molar-refractivity contribution >= 4 is 17.6 Å². The van der Waals surface area contributed by atoms with Gasteiger partial charge >= 0.3 is 12.0 Å². The van der Waals surface area contributed by atoms with Crippen LogP contribution in [0, 0.1) is 11.3 Å². The summed E-state index contributed by atoms with van der Waals surface area (Å²) >= 11 is 5.83. The zero-order chi connectivity index (χ0) is 19.7. The molecule has 0 saturated heterocycles. The SMILES string of the molecule is CCCCCCCCCCCCOc1nc(Cl)nc(COC(=O)CC#N)n1. The summed E-state index contributed by atoms with van der Waals surface area (Å²) in [6.07, 6.45) is 12.2. The summed E-state index contributed by atoms with van der Waals surface area (Å²) in [7, 11) is 0. The number of halogens is 1. The smallest absolute Gasteiger partial charge is 0.321 e. The molecular formula is C19H29ClN4O3. The van der Waals surface area contributed by atoms with Crippen molar-refractivity contribution in [3.05, 3.63) is 11.1 Å². The third kappa shape index (κ3) is 12.1. The minimum Gasteiger partial charge on any atom is -0.463 e. The molecule has 7 nitrogen and oxygen atoms in total. The van der Waals surface area contributed by atoms with Gasteiger partial charge in [-0.25, -0.2) is 0 Å². The van der Waals surface area contributed by atoms with Crippen molar-refractivity contribution in [1.82, 2.24) is 15.0 Å². The molecule has 0 atom stereocenters. The van der Waals surface area contributed by atoms with E-state index < -0.39 is 5.97 Å². The molecule has 0 N–H and O–H groups in total. The van der Waals surface area contributed by atoms with Gasteiger partial charge in [0.1, 0.15) is 6.42 Å². The molecule has 0 fully saturated rings. The Labute approximate surface area is 166 Å². The molecule has 0 bridgehead atoms. The third-order valence-corrected chi connectivity index (χ3v) is 4.12. The number of ether oxygens (including phenoxy) is 2. The van der Waals surface area contributed by atoms with Gasteiger partial charge in [-0.1, -0.05) is 64.7 Å². The first-order chi connectivity index (χ1) is 13.2. The minimum atomic E-state index is -0.637. The number of hydrogen-bond acceptors (Lipinski definition) is 7. The van der Waals surface area contributed by atoms with Gasteiger partial charge in [-0.05, 0) is 18.0 Å². The molecule has 150 valence electrons. The van der Waals surface area contributed by atoms with Crippen LogP contribution in [0.25, 0.3) is 0 Å². The summed E-state index contributed by atoms with van der Waals surface area (Å²) in [6, 6.07) is 1.83. The summed E-state index contributed by atoms with van der Waals surface area (Å²) in [5, 5.41) is 8.40. The molecule has 27 heavy (non-hydrogen) atoms. The van der Waals surface area contributed by atoms with Crippen molar-refractivity contribution < 1.29 is 14.3 Å². The van der Waals surface area contributed by atoms with Gasteiger partial charge in [-0.3, -0.25) is 4.79 Å². The van der Waals surface area contributed by atoms with Gasteiger partial charge < -0.3 is 9.47 Å². The third-order valence-electron chi connectivity index (χ3n) is 3.95. The second kappa shape index (κ2) is 15.2. The summed E-state index contributed by atoms with van der Waals surface area (Å²) < 4.78 is 10.4. The first-order valence-corrected chi connectivity index (χ1v) is 10.1. The fourth-order valence-corrected chi connectivity index (χ4v) is 2.68. The molecule has 0 unspecified atom stereocenters. The van der Waals surface area contributed by atoms with E-state index in [9.17, 15) is 4.79 Å². The highest BCUT2D eigenvalue weighted by Gasteiger charge is 2.09. The van der Waals surface area contributed by atoms with Gasteiger partial charge in [0.25, 0.3) is 0 Å². The predicted molar refractivity (Wildman–Crippen MR) is 102 cm³/mol.